The number of nitrogens with one attached hydrogen (secondary N) is 2. The normalized spacial score (nSPS) is 42.7. The van der Waals surface area contributed by atoms with E-state index in [1.165, 1.54) is 5.71 Å². The average molecular weight is 447 g/mol. The van der Waals surface area contributed by atoms with Crippen LogP contribution >= 0.6 is 11.8 Å². The van der Waals surface area contributed by atoms with E-state index in [9.17, 15) is 4.79 Å². The van der Waals surface area contributed by atoms with Gasteiger partial charge in [-0.25, -0.2) is 10.9 Å². The summed E-state index contributed by atoms with van der Waals surface area (Å²) >= 11 is 2.05. The molecule has 31 heavy (non-hydrogen) atoms. The minimum Gasteiger partial charge on any atom is -0.460 e. The molecular formula is C24H38N4O2S. The second-order valence-electron chi connectivity index (χ2n) is 10.5. The lowest BCUT2D eigenvalue weighted by atomic mass is 9.79. The molecule has 0 aromatic carbocycles. The number of carbonyl (C=O) groups is 1. The molecule has 0 radical (unpaired) electrons. The van der Waals surface area contributed by atoms with E-state index in [0.717, 1.165) is 0 Å². The van der Waals surface area contributed by atoms with Gasteiger partial charge < -0.3 is 4.74 Å². The number of rotatable bonds is 3. The number of ether oxygens (including phenoxy) is 1. The van der Waals surface area contributed by atoms with Crippen molar-refractivity contribution in [3.63, 3.8) is 0 Å². The van der Waals surface area contributed by atoms with Crippen molar-refractivity contribution in [3.8, 4) is 0 Å². The molecule has 4 rings (SSSR count). The van der Waals surface area contributed by atoms with Crippen molar-refractivity contribution >= 4 is 23.4 Å². The van der Waals surface area contributed by atoms with E-state index in [0.29, 0.717) is 28.4 Å². The van der Waals surface area contributed by atoms with Crippen molar-refractivity contribution < 1.29 is 9.53 Å². The van der Waals surface area contributed by atoms with E-state index in [2.05, 4.69) is 79.5 Å². The highest BCUT2D eigenvalue weighted by molar-refractivity contribution is 8.00. The van der Waals surface area contributed by atoms with Gasteiger partial charge >= 0.3 is 5.97 Å². The molecule has 1 aliphatic carbocycles. The Morgan fingerprint density at radius 3 is 2.45 bits per heavy atom. The van der Waals surface area contributed by atoms with E-state index < -0.39 is 5.60 Å². The quantitative estimate of drug-likeness (QED) is 0.509. The molecule has 0 aromatic heterocycles. The second-order valence-corrected chi connectivity index (χ2v) is 12.0. The van der Waals surface area contributed by atoms with Crippen LogP contribution in [0.25, 0.3) is 0 Å². The molecule has 0 bridgehead atoms. The number of fused-ring (bicyclic) bond motifs is 3. The molecule has 0 spiro atoms. The summed E-state index contributed by atoms with van der Waals surface area (Å²) in [7, 11) is 0. The first-order valence-corrected chi connectivity index (χ1v) is 12.6. The van der Waals surface area contributed by atoms with Crippen molar-refractivity contribution in [1.82, 2.24) is 15.8 Å². The van der Waals surface area contributed by atoms with Crippen LogP contribution in [0.4, 0.5) is 0 Å². The molecule has 2 fully saturated rings. The predicted molar refractivity (Wildman–Crippen MR) is 127 cm³/mol. The first kappa shape index (κ1) is 23.0. The van der Waals surface area contributed by atoms with Crippen molar-refractivity contribution in [2.45, 2.75) is 89.5 Å². The van der Waals surface area contributed by atoms with Gasteiger partial charge in [-0.2, -0.15) is 0 Å². The highest BCUT2D eigenvalue weighted by Crippen LogP contribution is 2.49. The number of hydrogen-bond donors (Lipinski definition) is 2. The van der Waals surface area contributed by atoms with Gasteiger partial charge in [0.1, 0.15) is 5.60 Å². The zero-order valence-electron chi connectivity index (χ0n) is 19.8. The standard InChI is InChI=1S/C24H38N4O2S/c1-13-8-10-17(11-9-13)21-20-14(2)15(3)31-23(20)28-16(4)26-27-22(28)18(25-21)12-19(29)30-24(5,6)7/h8-11,13-18,20,22-23,26-27H,12H2,1-7H3/t13?,14?,15?,16?,17?,18-,20?,22?,23?/m0/s1. The Morgan fingerprint density at radius 1 is 1.13 bits per heavy atom. The van der Waals surface area contributed by atoms with E-state index >= 15 is 0 Å². The Morgan fingerprint density at radius 2 is 1.81 bits per heavy atom. The van der Waals surface area contributed by atoms with Crippen molar-refractivity contribution in [2.75, 3.05) is 0 Å². The summed E-state index contributed by atoms with van der Waals surface area (Å²) in [5, 5.41) is 0.891. The molecule has 0 aromatic rings. The molecule has 0 saturated carbocycles. The molecule has 2 N–H and O–H groups in total. The van der Waals surface area contributed by atoms with Crippen LogP contribution in [0.1, 0.15) is 54.9 Å². The summed E-state index contributed by atoms with van der Waals surface area (Å²) in [4.78, 5) is 20.7. The third kappa shape index (κ3) is 4.65. The van der Waals surface area contributed by atoms with E-state index in [-0.39, 0.29) is 36.7 Å². The second kappa shape index (κ2) is 8.65. The van der Waals surface area contributed by atoms with Crippen molar-refractivity contribution in [1.29, 1.82) is 0 Å². The van der Waals surface area contributed by atoms with Crippen molar-refractivity contribution in [3.05, 3.63) is 24.3 Å². The van der Waals surface area contributed by atoms with Gasteiger partial charge in [-0.3, -0.25) is 14.7 Å². The van der Waals surface area contributed by atoms with Crippen LogP contribution in [0.5, 0.6) is 0 Å². The Hall–Kier alpha value is -1.15. The zero-order chi connectivity index (χ0) is 22.5. The summed E-state index contributed by atoms with van der Waals surface area (Å²) in [5.74, 6) is 1.33. The smallest absolute Gasteiger partial charge is 0.308 e. The molecule has 6 nitrogen and oxygen atoms in total. The van der Waals surface area contributed by atoms with Crippen LogP contribution in [-0.2, 0) is 9.53 Å². The lowest BCUT2D eigenvalue weighted by molar-refractivity contribution is -0.155. The summed E-state index contributed by atoms with van der Waals surface area (Å²) in [6, 6.07) is -0.197. The number of nitrogens with zero attached hydrogens (tertiary/aromatic N) is 2. The lowest BCUT2D eigenvalue weighted by Gasteiger charge is -2.35. The molecule has 3 aliphatic heterocycles. The van der Waals surface area contributed by atoms with Crippen LogP contribution < -0.4 is 10.9 Å². The van der Waals surface area contributed by atoms with Gasteiger partial charge in [0.15, 0.2) is 0 Å². The summed E-state index contributed by atoms with van der Waals surface area (Å²) in [5.41, 5.74) is 7.58. The molecule has 7 atom stereocenters. The highest BCUT2D eigenvalue weighted by atomic mass is 32.2. The third-order valence-corrected chi connectivity index (χ3v) is 8.55. The predicted octanol–water partition coefficient (Wildman–Crippen LogP) is 3.72. The molecule has 0 amide bonds. The topological polar surface area (TPSA) is 66.0 Å². The van der Waals surface area contributed by atoms with Crippen LogP contribution in [-0.4, -0.2) is 51.2 Å². The fraction of sp³-hybridized carbons (Fsp3) is 0.750. The Bertz CT molecular complexity index is 775. The van der Waals surface area contributed by atoms with Gasteiger partial charge in [-0.05, 0) is 39.5 Å². The van der Waals surface area contributed by atoms with Crippen LogP contribution in [0.15, 0.2) is 29.3 Å². The fourth-order valence-corrected chi connectivity index (χ4v) is 7.07. The van der Waals surface area contributed by atoms with Gasteiger partial charge in [0, 0.05) is 22.8 Å². The Kier molecular flexibility index (Phi) is 6.43. The maximum absolute atomic E-state index is 12.8. The summed E-state index contributed by atoms with van der Waals surface area (Å²) in [6.07, 6.45) is 9.57. The lowest BCUT2D eigenvalue weighted by Crippen LogP contribution is -2.50. The molecule has 4 aliphatic rings. The number of hydrogen-bond acceptors (Lipinski definition) is 7. The number of carbonyl (C=O) groups excluding carboxylic acids is 1. The van der Waals surface area contributed by atoms with E-state index in [1.54, 1.807) is 0 Å². The van der Waals surface area contributed by atoms with Gasteiger partial charge in [0.05, 0.1) is 30.2 Å². The SMILES string of the molecule is CC1C=CC(C2=N[C@@H](CC(=O)OC(C)(C)C)C3NNC(C)N3C3SC(C)C(C)C23)C=C1. The molecule has 7 heteroatoms. The molecular weight excluding hydrogens is 408 g/mol. The monoisotopic (exact) mass is 446 g/mol. The zero-order valence-corrected chi connectivity index (χ0v) is 20.6. The summed E-state index contributed by atoms with van der Waals surface area (Å²) < 4.78 is 5.68. The molecule has 2 saturated heterocycles. The Balaban J connectivity index is 1.73. The van der Waals surface area contributed by atoms with E-state index in [1.807, 2.05) is 20.8 Å². The van der Waals surface area contributed by atoms with Gasteiger partial charge in [0.25, 0.3) is 0 Å². The average Bonchev–Trinajstić information content (AvgIpc) is 3.14. The number of allylic oxidation sites excluding steroid dienone is 4. The highest BCUT2D eigenvalue weighted by Gasteiger charge is 2.53. The van der Waals surface area contributed by atoms with Crippen LogP contribution in [0.2, 0.25) is 0 Å². The Labute approximate surface area is 191 Å². The number of esters is 1. The van der Waals surface area contributed by atoms with Gasteiger partial charge in [-0.1, -0.05) is 45.1 Å². The van der Waals surface area contributed by atoms with Crippen molar-refractivity contribution in [2.24, 2.45) is 28.7 Å². The first-order chi connectivity index (χ1) is 14.5. The minimum absolute atomic E-state index is 0.0343. The van der Waals surface area contributed by atoms with E-state index in [4.69, 9.17) is 9.73 Å². The molecule has 172 valence electrons. The first-order valence-electron chi connectivity index (χ1n) is 11.6. The third-order valence-electron chi connectivity index (χ3n) is 6.87. The number of aliphatic imine (C=N–C) groups is 1. The number of thioether (sulfide) groups is 1. The molecule has 6 unspecified atom stereocenters. The molecule has 3 heterocycles. The summed E-state index contributed by atoms with van der Waals surface area (Å²) in [6.45, 7) is 14.8. The largest absolute Gasteiger partial charge is 0.460 e. The maximum Gasteiger partial charge on any atom is 0.308 e. The van der Waals surface area contributed by atoms with Gasteiger partial charge in [-0.15, -0.1) is 11.8 Å². The van der Waals surface area contributed by atoms with Crippen LogP contribution in [0.3, 0.4) is 0 Å². The minimum atomic E-state index is -0.496. The van der Waals surface area contributed by atoms with Crippen LogP contribution in [0, 0.1) is 23.7 Å². The maximum atomic E-state index is 12.8. The van der Waals surface area contributed by atoms with Gasteiger partial charge in [0.2, 0.25) is 0 Å². The fourth-order valence-electron chi connectivity index (χ4n) is 5.20. The number of hydrazine groups is 1.